The first-order valence-electron chi connectivity index (χ1n) is 8.66. The van der Waals surface area contributed by atoms with Crippen LogP contribution < -0.4 is 15.4 Å². The Morgan fingerprint density at radius 1 is 1.17 bits per heavy atom. The maximum Gasteiger partial charge on any atom is 0.452 e. The molecule has 0 spiro atoms. The molecule has 6 nitrogen and oxygen atoms in total. The van der Waals surface area contributed by atoms with E-state index in [9.17, 15) is 18.0 Å². The molecule has 30 heavy (non-hydrogen) atoms. The Bertz CT molecular complexity index is 1050. The van der Waals surface area contributed by atoms with Gasteiger partial charge in [-0.2, -0.15) is 13.2 Å². The highest BCUT2D eigenvalue weighted by Crippen LogP contribution is 2.32. The summed E-state index contributed by atoms with van der Waals surface area (Å²) in [5, 5.41) is 4.69. The summed E-state index contributed by atoms with van der Waals surface area (Å²) in [7, 11) is 0. The molecule has 2 aromatic carbocycles. The Morgan fingerprint density at radius 3 is 2.60 bits per heavy atom. The van der Waals surface area contributed by atoms with Crippen LogP contribution in [0.5, 0.6) is 5.75 Å². The second-order valence-electron chi connectivity index (χ2n) is 6.12. The van der Waals surface area contributed by atoms with Gasteiger partial charge in [-0.3, -0.25) is 10.1 Å². The van der Waals surface area contributed by atoms with Crippen LogP contribution in [0.3, 0.4) is 0 Å². The standard InChI is InChI=1S/C20H16F3N3O3S/c1-12-24-16(17(29-12)20(21,22)23)18(27)26-19(30)25-14-8-5-9-15(10-14)28-11-13-6-3-2-4-7-13/h2-10H,11H2,1H3,(H2,25,26,27,30). The molecule has 2 N–H and O–H groups in total. The third-order valence-electron chi connectivity index (χ3n) is 3.77. The van der Waals surface area contributed by atoms with Gasteiger partial charge >= 0.3 is 6.18 Å². The average molecular weight is 435 g/mol. The van der Waals surface area contributed by atoms with Gasteiger partial charge in [-0.05, 0) is 29.9 Å². The molecule has 0 bridgehead atoms. The number of nitrogens with zero attached hydrogens (tertiary/aromatic N) is 1. The van der Waals surface area contributed by atoms with Crippen LogP contribution >= 0.6 is 12.2 Å². The number of rotatable bonds is 5. The molecule has 0 unspecified atom stereocenters. The predicted molar refractivity (Wildman–Crippen MR) is 107 cm³/mol. The van der Waals surface area contributed by atoms with Crippen molar-refractivity contribution in [3.8, 4) is 5.75 Å². The van der Waals surface area contributed by atoms with E-state index in [1.165, 1.54) is 6.92 Å². The van der Waals surface area contributed by atoms with E-state index in [0.29, 0.717) is 18.0 Å². The van der Waals surface area contributed by atoms with E-state index in [-0.39, 0.29) is 11.0 Å². The Kier molecular flexibility index (Phi) is 6.36. The van der Waals surface area contributed by atoms with E-state index in [4.69, 9.17) is 17.0 Å². The third kappa shape index (κ3) is 5.57. The van der Waals surface area contributed by atoms with E-state index < -0.39 is 23.5 Å². The number of anilines is 1. The lowest BCUT2D eigenvalue weighted by molar-refractivity contribution is -0.153. The molecule has 10 heteroatoms. The number of hydrogen-bond donors (Lipinski definition) is 2. The van der Waals surface area contributed by atoms with Gasteiger partial charge in [0.05, 0.1) is 0 Å². The minimum absolute atomic E-state index is 0.200. The largest absolute Gasteiger partial charge is 0.489 e. The van der Waals surface area contributed by atoms with Crippen molar-refractivity contribution < 1.29 is 27.1 Å². The van der Waals surface area contributed by atoms with Gasteiger partial charge in [-0.25, -0.2) is 4.98 Å². The number of ether oxygens (including phenoxy) is 1. The maximum absolute atomic E-state index is 13.0. The van der Waals surface area contributed by atoms with Crippen molar-refractivity contribution in [2.24, 2.45) is 0 Å². The fraction of sp³-hybridized carbons (Fsp3) is 0.150. The molecule has 0 aliphatic heterocycles. The zero-order chi connectivity index (χ0) is 21.7. The van der Waals surface area contributed by atoms with Gasteiger partial charge < -0.3 is 14.5 Å². The highest BCUT2D eigenvalue weighted by Gasteiger charge is 2.41. The number of halogens is 3. The predicted octanol–water partition coefficient (Wildman–Crippen LogP) is 4.71. The monoisotopic (exact) mass is 435 g/mol. The molecular formula is C20H16F3N3O3S. The average Bonchev–Trinajstić information content (AvgIpc) is 3.10. The summed E-state index contributed by atoms with van der Waals surface area (Å²) in [4.78, 5) is 15.7. The van der Waals surface area contributed by atoms with Gasteiger partial charge in [-0.15, -0.1) is 0 Å². The molecule has 0 atom stereocenters. The van der Waals surface area contributed by atoms with Crippen LogP contribution in [-0.4, -0.2) is 16.0 Å². The number of hydrogen-bond acceptors (Lipinski definition) is 5. The van der Waals surface area contributed by atoms with Crippen molar-refractivity contribution >= 4 is 28.9 Å². The summed E-state index contributed by atoms with van der Waals surface area (Å²) in [5.74, 6) is -2.34. The highest BCUT2D eigenvalue weighted by atomic mass is 32.1. The summed E-state index contributed by atoms with van der Waals surface area (Å²) >= 11 is 5.02. The molecule has 3 aromatic rings. The molecule has 0 saturated heterocycles. The number of aromatic nitrogens is 1. The van der Waals surface area contributed by atoms with Gasteiger partial charge in [0, 0.05) is 18.7 Å². The zero-order valence-electron chi connectivity index (χ0n) is 15.6. The van der Waals surface area contributed by atoms with Gasteiger partial charge in [-0.1, -0.05) is 36.4 Å². The minimum atomic E-state index is -4.85. The Morgan fingerprint density at radius 2 is 1.90 bits per heavy atom. The van der Waals surface area contributed by atoms with Crippen molar-refractivity contribution in [3.63, 3.8) is 0 Å². The van der Waals surface area contributed by atoms with Gasteiger partial charge in [0.2, 0.25) is 5.76 Å². The number of amides is 1. The first kappa shape index (κ1) is 21.3. The SMILES string of the molecule is Cc1nc(C(=O)NC(=S)Nc2cccc(OCc3ccccc3)c2)c(C(F)(F)F)o1. The smallest absolute Gasteiger partial charge is 0.452 e. The lowest BCUT2D eigenvalue weighted by Gasteiger charge is -2.11. The second kappa shape index (κ2) is 8.95. The Balaban J connectivity index is 1.62. The van der Waals surface area contributed by atoms with Crippen molar-refractivity contribution in [3.05, 3.63) is 77.5 Å². The van der Waals surface area contributed by atoms with Crippen LogP contribution in [0.1, 0.15) is 27.7 Å². The quantitative estimate of drug-likeness (QED) is 0.566. The van der Waals surface area contributed by atoms with E-state index in [2.05, 4.69) is 20.0 Å². The molecule has 1 aromatic heterocycles. The normalized spacial score (nSPS) is 11.1. The first-order chi connectivity index (χ1) is 14.2. The van der Waals surface area contributed by atoms with Gasteiger partial charge in [0.25, 0.3) is 5.91 Å². The first-order valence-corrected chi connectivity index (χ1v) is 9.07. The summed E-state index contributed by atoms with van der Waals surface area (Å²) < 4.78 is 49.1. The molecule has 0 saturated carbocycles. The van der Waals surface area contributed by atoms with Crippen molar-refractivity contribution in [2.75, 3.05) is 5.32 Å². The number of nitrogens with one attached hydrogen (secondary N) is 2. The zero-order valence-corrected chi connectivity index (χ0v) is 16.4. The van der Waals surface area contributed by atoms with E-state index in [1.807, 2.05) is 30.3 Å². The molecule has 156 valence electrons. The molecule has 0 aliphatic rings. The number of alkyl halides is 3. The molecule has 0 radical (unpaired) electrons. The molecule has 0 fully saturated rings. The lowest BCUT2D eigenvalue weighted by Crippen LogP contribution is -2.35. The van der Waals surface area contributed by atoms with Gasteiger partial charge in [0.15, 0.2) is 16.7 Å². The fourth-order valence-electron chi connectivity index (χ4n) is 2.50. The van der Waals surface area contributed by atoms with Crippen LogP contribution in [-0.2, 0) is 12.8 Å². The van der Waals surface area contributed by atoms with Crippen LogP contribution in [0.4, 0.5) is 18.9 Å². The second-order valence-corrected chi connectivity index (χ2v) is 6.53. The summed E-state index contributed by atoms with van der Waals surface area (Å²) in [5.41, 5.74) is 0.587. The number of thiocarbonyl (C=S) groups is 1. The Hall–Kier alpha value is -3.40. The highest BCUT2D eigenvalue weighted by molar-refractivity contribution is 7.80. The molecule has 3 rings (SSSR count). The van der Waals surface area contributed by atoms with Crippen LogP contribution in [0, 0.1) is 6.92 Å². The van der Waals surface area contributed by atoms with E-state index in [1.54, 1.807) is 24.3 Å². The lowest BCUT2D eigenvalue weighted by atomic mass is 10.2. The van der Waals surface area contributed by atoms with Crippen LogP contribution in [0.25, 0.3) is 0 Å². The Labute approximate surface area is 175 Å². The number of oxazole rings is 1. The molecule has 1 heterocycles. The number of carbonyl (C=O) groups is 1. The molecule has 0 aliphatic carbocycles. The van der Waals surface area contributed by atoms with Gasteiger partial charge in [0.1, 0.15) is 12.4 Å². The fourth-order valence-corrected chi connectivity index (χ4v) is 2.71. The summed E-state index contributed by atoms with van der Waals surface area (Å²) in [6, 6.07) is 16.3. The van der Waals surface area contributed by atoms with Crippen LogP contribution in [0.15, 0.2) is 59.0 Å². The number of carbonyl (C=O) groups excluding carboxylic acids is 1. The third-order valence-corrected chi connectivity index (χ3v) is 3.98. The van der Waals surface area contributed by atoms with E-state index in [0.717, 1.165) is 5.56 Å². The molecular weight excluding hydrogens is 419 g/mol. The van der Waals surface area contributed by atoms with Crippen molar-refractivity contribution in [1.29, 1.82) is 0 Å². The minimum Gasteiger partial charge on any atom is -0.489 e. The summed E-state index contributed by atoms with van der Waals surface area (Å²) in [6.07, 6.45) is -4.85. The van der Waals surface area contributed by atoms with Crippen LogP contribution in [0.2, 0.25) is 0 Å². The topological polar surface area (TPSA) is 76.4 Å². The van der Waals surface area contributed by atoms with E-state index >= 15 is 0 Å². The van der Waals surface area contributed by atoms with Crippen molar-refractivity contribution in [2.45, 2.75) is 19.7 Å². The number of benzene rings is 2. The number of aryl methyl sites for hydroxylation is 1. The molecule has 1 amide bonds. The van der Waals surface area contributed by atoms with Crippen molar-refractivity contribution in [1.82, 2.24) is 10.3 Å². The maximum atomic E-state index is 13.0. The summed E-state index contributed by atoms with van der Waals surface area (Å²) in [6.45, 7) is 1.57.